The molecule has 0 spiro atoms. The second-order valence-corrected chi connectivity index (χ2v) is 5.44. The topological polar surface area (TPSA) is 14.1 Å². The van der Waals surface area contributed by atoms with E-state index in [2.05, 4.69) is 72.8 Å². The van der Waals surface area contributed by atoms with Crippen LogP contribution in [0, 0.1) is 0 Å². The van der Waals surface area contributed by atoms with E-state index in [0.717, 1.165) is 11.4 Å². The van der Waals surface area contributed by atoms with Gasteiger partial charge in [0.1, 0.15) is 0 Å². The first-order chi connectivity index (χ1) is 10.4. The van der Waals surface area contributed by atoms with Crippen LogP contribution in [-0.4, -0.2) is 0 Å². The van der Waals surface area contributed by atoms with Crippen LogP contribution in [0.5, 0.6) is 0 Å². The third kappa shape index (κ3) is 1.35. The fourth-order valence-corrected chi connectivity index (χ4v) is 3.41. The third-order valence-electron chi connectivity index (χ3n) is 4.31. The summed E-state index contributed by atoms with van der Waals surface area (Å²) in [6.07, 6.45) is 0. The summed E-state index contributed by atoms with van der Waals surface area (Å²) < 4.78 is 0. The lowest BCUT2D eigenvalue weighted by Crippen LogP contribution is -1.86. The van der Waals surface area contributed by atoms with Crippen molar-refractivity contribution in [2.45, 2.75) is 0 Å². The molecule has 1 nitrogen and oxygen atoms in total. The van der Waals surface area contributed by atoms with Crippen molar-refractivity contribution >= 4 is 32.9 Å². The number of fused-ring (bicyclic) bond motifs is 8. The van der Waals surface area contributed by atoms with E-state index in [9.17, 15) is 0 Å². The molecule has 0 atom stereocenters. The fraction of sp³-hybridized carbons (Fsp3) is 0. The van der Waals surface area contributed by atoms with Gasteiger partial charge in [0.25, 0.3) is 0 Å². The molecule has 0 bridgehead atoms. The molecule has 0 saturated carbocycles. The van der Waals surface area contributed by atoms with E-state index in [1.807, 2.05) is 0 Å². The molecule has 1 heteroatoms. The predicted molar refractivity (Wildman–Crippen MR) is 88.3 cm³/mol. The Kier molecular flexibility index (Phi) is 2.01. The summed E-state index contributed by atoms with van der Waals surface area (Å²) in [5, 5.41) is 10.0. The summed E-state index contributed by atoms with van der Waals surface area (Å²) in [6, 6.07) is 25.6. The van der Waals surface area contributed by atoms with Crippen molar-refractivity contribution in [3.63, 3.8) is 0 Å². The summed E-state index contributed by atoms with van der Waals surface area (Å²) in [5.74, 6) is 0. The fourth-order valence-electron chi connectivity index (χ4n) is 3.41. The van der Waals surface area contributed by atoms with E-state index in [-0.39, 0.29) is 0 Å². The van der Waals surface area contributed by atoms with Crippen molar-refractivity contribution in [1.82, 2.24) is 5.32 Å². The van der Waals surface area contributed by atoms with Crippen LogP contribution in [0.1, 0.15) is 0 Å². The summed E-state index contributed by atoms with van der Waals surface area (Å²) in [6.45, 7) is 0. The van der Waals surface area contributed by atoms with E-state index in [0.29, 0.717) is 0 Å². The average molecular weight is 266 g/mol. The van der Waals surface area contributed by atoms with E-state index < -0.39 is 0 Å². The van der Waals surface area contributed by atoms with Crippen molar-refractivity contribution in [1.29, 1.82) is 0 Å². The standard InChI is InChI=1S/C20H12N/c1-3-9-15-13(7-1)14-8-2-4-10-16(14)20-19(15)17-11-5-6-12-18(17)21-20/h1-12H. The molecule has 21 heavy (non-hydrogen) atoms. The van der Waals surface area contributed by atoms with Crippen molar-refractivity contribution in [2.24, 2.45) is 0 Å². The highest BCUT2D eigenvalue weighted by Gasteiger charge is 2.24. The van der Waals surface area contributed by atoms with Crippen LogP contribution < -0.4 is 5.32 Å². The van der Waals surface area contributed by atoms with Crippen LogP contribution in [0.15, 0.2) is 72.8 Å². The average Bonchev–Trinajstić information content (AvgIpc) is 2.95. The highest BCUT2D eigenvalue weighted by atomic mass is 14.9. The van der Waals surface area contributed by atoms with E-state index in [4.69, 9.17) is 5.32 Å². The molecule has 0 aliphatic carbocycles. The molecule has 1 aliphatic heterocycles. The van der Waals surface area contributed by atoms with Crippen molar-refractivity contribution in [3.05, 3.63) is 72.8 Å². The lowest BCUT2D eigenvalue weighted by molar-refractivity contribution is 1.25. The molecular weight excluding hydrogens is 254 g/mol. The smallest absolute Gasteiger partial charge is 0.0801 e. The number of rotatable bonds is 0. The Morgan fingerprint density at radius 2 is 1.10 bits per heavy atom. The molecule has 4 aromatic carbocycles. The number of hydrogen-bond acceptors (Lipinski definition) is 0. The van der Waals surface area contributed by atoms with Crippen LogP contribution in [0.25, 0.3) is 32.7 Å². The molecule has 1 aliphatic rings. The lowest BCUT2D eigenvalue weighted by Gasteiger charge is -2.10. The number of hydrogen-bond donors (Lipinski definition) is 0. The van der Waals surface area contributed by atoms with E-state index in [1.54, 1.807) is 0 Å². The Hall–Kier alpha value is -2.80. The van der Waals surface area contributed by atoms with Gasteiger partial charge in [-0.3, -0.25) is 0 Å². The first-order valence-electron chi connectivity index (χ1n) is 7.18. The zero-order chi connectivity index (χ0) is 13.8. The van der Waals surface area contributed by atoms with Gasteiger partial charge in [-0.25, -0.2) is 5.32 Å². The molecule has 0 saturated heterocycles. The zero-order valence-corrected chi connectivity index (χ0v) is 11.4. The molecular formula is C20H12N. The normalized spacial score (nSPS) is 12.2. The second-order valence-electron chi connectivity index (χ2n) is 5.44. The van der Waals surface area contributed by atoms with Crippen LogP contribution in [-0.2, 0) is 0 Å². The highest BCUT2D eigenvalue weighted by molar-refractivity contribution is 6.22. The molecule has 5 rings (SSSR count). The van der Waals surface area contributed by atoms with Gasteiger partial charge in [0, 0.05) is 16.5 Å². The van der Waals surface area contributed by atoms with Gasteiger partial charge in [0.2, 0.25) is 0 Å². The second kappa shape index (κ2) is 3.86. The minimum absolute atomic E-state index is 1.08. The van der Waals surface area contributed by atoms with Crippen LogP contribution >= 0.6 is 0 Å². The minimum Gasteiger partial charge on any atom is -0.247 e. The Morgan fingerprint density at radius 1 is 0.524 bits per heavy atom. The predicted octanol–water partition coefficient (Wildman–Crippen LogP) is 5.54. The zero-order valence-electron chi connectivity index (χ0n) is 11.4. The first-order valence-corrected chi connectivity index (χ1v) is 7.18. The number of nitrogens with zero attached hydrogens (tertiary/aromatic N) is 1. The van der Waals surface area contributed by atoms with Gasteiger partial charge in [-0.2, -0.15) is 0 Å². The molecule has 0 N–H and O–H groups in total. The van der Waals surface area contributed by atoms with Crippen LogP contribution in [0.2, 0.25) is 0 Å². The van der Waals surface area contributed by atoms with Crippen LogP contribution in [0.3, 0.4) is 0 Å². The summed E-state index contributed by atoms with van der Waals surface area (Å²) in [7, 11) is 0. The molecule has 97 valence electrons. The summed E-state index contributed by atoms with van der Waals surface area (Å²) >= 11 is 0. The molecule has 1 radical (unpaired) electrons. The Balaban J connectivity index is 2.08. The third-order valence-corrected chi connectivity index (χ3v) is 4.31. The molecule has 0 unspecified atom stereocenters. The summed E-state index contributed by atoms with van der Waals surface area (Å²) in [4.78, 5) is 0. The molecule has 1 heterocycles. The first kappa shape index (κ1) is 10.9. The minimum atomic E-state index is 1.08. The highest BCUT2D eigenvalue weighted by Crippen LogP contribution is 2.50. The lowest BCUT2D eigenvalue weighted by atomic mass is 9.93. The van der Waals surface area contributed by atoms with Gasteiger partial charge < -0.3 is 0 Å². The molecule has 0 aromatic heterocycles. The number of para-hydroxylation sites is 1. The molecule has 4 aromatic rings. The van der Waals surface area contributed by atoms with Gasteiger partial charge in [-0.15, -0.1) is 0 Å². The Morgan fingerprint density at radius 3 is 1.90 bits per heavy atom. The SMILES string of the molecule is c1ccc2c(c1)[N]c1c-2c2ccccc2c2ccccc12. The maximum Gasteiger partial charge on any atom is 0.0801 e. The Bertz CT molecular complexity index is 1010. The maximum absolute atomic E-state index is 4.89. The summed E-state index contributed by atoms with van der Waals surface area (Å²) in [5.41, 5.74) is 4.72. The van der Waals surface area contributed by atoms with Crippen molar-refractivity contribution in [3.8, 4) is 11.1 Å². The Labute approximate surface area is 122 Å². The van der Waals surface area contributed by atoms with Gasteiger partial charge in [-0.05, 0) is 22.2 Å². The van der Waals surface area contributed by atoms with Gasteiger partial charge in [0.05, 0.1) is 11.4 Å². The monoisotopic (exact) mass is 266 g/mol. The van der Waals surface area contributed by atoms with E-state index in [1.165, 1.54) is 32.7 Å². The van der Waals surface area contributed by atoms with Gasteiger partial charge in [-0.1, -0.05) is 66.7 Å². The molecule has 0 fully saturated rings. The van der Waals surface area contributed by atoms with Gasteiger partial charge >= 0.3 is 0 Å². The van der Waals surface area contributed by atoms with Crippen molar-refractivity contribution < 1.29 is 0 Å². The van der Waals surface area contributed by atoms with Crippen molar-refractivity contribution in [2.75, 3.05) is 0 Å². The van der Waals surface area contributed by atoms with Crippen LogP contribution in [0.4, 0.5) is 11.4 Å². The number of benzene rings is 4. The van der Waals surface area contributed by atoms with Gasteiger partial charge in [0.15, 0.2) is 0 Å². The maximum atomic E-state index is 4.89. The van der Waals surface area contributed by atoms with E-state index >= 15 is 0 Å². The quantitative estimate of drug-likeness (QED) is 0.327. The largest absolute Gasteiger partial charge is 0.247 e. The molecule has 0 amide bonds.